The number of rotatable bonds is 2. The average Bonchev–Trinajstić information content (AvgIpc) is 2.71. The predicted molar refractivity (Wildman–Crippen MR) is 104 cm³/mol. The molecule has 23 heavy (non-hydrogen) atoms. The van der Waals surface area contributed by atoms with E-state index in [-0.39, 0.29) is 0 Å². The zero-order valence-electron chi connectivity index (χ0n) is 12.9. The molecule has 0 atom stereocenters. The largest absolute Gasteiger partial charge is 0.377 e. The number of thiocarbonyl (C=S) groups is 1. The van der Waals surface area contributed by atoms with Gasteiger partial charge in [0.15, 0.2) is 0 Å². The van der Waals surface area contributed by atoms with Crippen molar-refractivity contribution >= 4 is 51.8 Å². The van der Waals surface area contributed by atoms with Crippen molar-refractivity contribution in [2.24, 2.45) is 4.99 Å². The van der Waals surface area contributed by atoms with Crippen molar-refractivity contribution in [1.29, 1.82) is 0 Å². The molecule has 1 heterocycles. The van der Waals surface area contributed by atoms with E-state index < -0.39 is 0 Å². The summed E-state index contributed by atoms with van der Waals surface area (Å²) in [5.74, 6) is 0.480. The molecule has 0 saturated heterocycles. The Morgan fingerprint density at radius 3 is 2.35 bits per heavy atom. The van der Waals surface area contributed by atoms with Crippen LogP contribution in [0.25, 0.3) is 0 Å². The third kappa shape index (κ3) is 3.27. The fraction of sp³-hybridized carbons (Fsp3) is 0.222. The van der Waals surface area contributed by atoms with Crippen LogP contribution in [-0.4, -0.2) is 17.2 Å². The SMILES string of the molecule is CC(C)c1ccc(C2=NC(=S)CNc3c(Cl)ccc(Cl)c32)cc1. The number of nitrogens with zero attached hydrogens (tertiary/aromatic N) is 1. The molecule has 0 bridgehead atoms. The van der Waals surface area contributed by atoms with Crippen LogP contribution in [0.5, 0.6) is 0 Å². The molecule has 0 radical (unpaired) electrons. The highest BCUT2D eigenvalue weighted by Gasteiger charge is 2.21. The second-order valence-electron chi connectivity index (χ2n) is 5.76. The van der Waals surface area contributed by atoms with Crippen molar-refractivity contribution in [2.45, 2.75) is 19.8 Å². The van der Waals surface area contributed by atoms with Gasteiger partial charge in [-0.05, 0) is 23.6 Å². The molecule has 2 aromatic rings. The van der Waals surface area contributed by atoms with Crippen LogP contribution in [0.4, 0.5) is 5.69 Å². The summed E-state index contributed by atoms with van der Waals surface area (Å²) in [5, 5.41) is 4.46. The van der Waals surface area contributed by atoms with Gasteiger partial charge in [0, 0.05) is 11.1 Å². The number of anilines is 1. The molecular weight excluding hydrogens is 347 g/mol. The van der Waals surface area contributed by atoms with Crippen LogP contribution in [0, 0.1) is 0 Å². The van der Waals surface area contributed by atoms with Gasteiger partial charge in [-0.3, -0.25) is 0 Å². The highest BCUT2D eigenvalue weighted by molar-refractivity contribution is 7.80. The lowest BCUT2D eigenvalue weighted by Crippen LogP contribution is -2.08. The zero-order valence-corrected chi connectivity index (χ0v) is 15.2. The number of halogens is 2. The molecule has 1 aliphatic heterocycles. The topological polar surface area (TPSA) is 24.4 Å². The molecule has 0 amide bonds. The summed E-state index contributed by atoms with van der Waals surface area (Å²) in [6, 6.07) is 11.9. The monoisotopic (exact) mass is 362 g/mol. The van der Waals surface area contributed by atoms with Crippen molar-refractivity contribution in [3.05, 3.63) is 63.1 Å². The Morgan fingerprint density at radius 2 is 1.70 bits per heavy atom. The molecule has 118 valence electrons. The van der Waals surface area contributed by atoms with E-state index in [2.05, 4.69) is 48.4 Å². The van der Waals surface area contributed by atoms with Crippen LogP contribution in [0.3, 0.4) is 0 Å². The van der Waals surface area contributed by atoms with Crippen LogP contribution in [0.2, 0.25) is 10.0 Å². The fourth-order valence-corrected chi connectivity index (χ4v) is 3.21. The quantitative estimate of drug-likeness (QED) is 0.692. The van der Waals surface area contributed by atoms with E-state index in [9.17, 15) is 0 Å². The third-order valence-electron chi connectivity index (χ3n) is 3.84. The van der Waals surface area contributed by atoms with Crippen molar-refractivity contribution in [3.63, 3.8) is 0 Å². The smallest absolute Gasteiger partial charge is 0.123 e. The lowest BCUT2D eigenvalue weighted by atomic mass is 9.96. The van der Waals surface area contributed by atoms with Crippen molar-refractivity contribution < 1.29 is 0 Å². The molecule has 1 N–H and O–H groups in total. The van der Waals surface area contributed by atoms with Crippen LogP contribution in [0.15, 0.2) is 41.4 Å². The van der Waals surface area contributed by atoms with Crippen molar-refractivity contribution in [3.8, 4) is 0 Å². The molecule has 1 aliphatic rings. The summed E-state index contributed by atoms with van der Waals surface area (Å²) in [6.45, 7) is 4.81. The van der Waals surface area contributed by atoms with E-state index in [1.54, 1.807) is 12.1 Å². The van der Waals surface area contributed by atoms with E-state index in [0.29, 0.717) is 27.5 Å². The Kier molecular flexibility index (Phi) is 4.72. The minimum atomic E-state index is 0.468. The maximum absolute atomic E-state index is 6.44. The van der Waals surface area contributed by atoms with Gasteiger partial charge in [0.05, 0.1) is 28.0 Å². The first kappa shape index (κ1) is 16.4. The minimum absolute atomic E-state index is 0.468. The number of hydrogen-bond acceptors (Lipinski definition) is 2. The molecule has 2 aromatic carbocycles. The number of fused-ring (bicyclic) bond motifs is 1. The second-order valence-corrected chi connectivity index (χ2v) is 7.05. The number of nitrogens with one attached hydrogen (secondary N) is 1. The zero-order chi connectivity index (χ0) is 16.6. The van der Waals surface area contributed by atoms with E-state index in [4.69, 9.17) is 35.4 Å². The first-order valence-corrected chi connectivity index (χ1v) is 8.58. The molecule has 0 unspecified atom stereocenters. The highest BCUT2D eigenvalue weighted by Crippen LogP contribution is 2.35. The summed E-state index contributed by atoms with van der Waals surface area (Å²) in [6.07, 6.45) is 0. The number of hydrogen-bond donors (Lipinski definition) is 1. The maximum Gasteiger partial charge on any atom is 0.123 e. The van der Waals surface area contributed by atoms with Gasteiger partial charge in [-0.25, -0.2) is 4.99 Å². The summed E-state index contributed by atoms with van der Waals surface area (Å²) in [5.41, 5.74) is 4.60. The standard InChI is InChI=1S/C18H16Cl2N2S/c1-10(2)11-3-5-12(6-4-11)17-16-13(19)7-8-14(20)18(16)21-9-15(23)22-17/h3-8,10,21H,9H2,1-2H3. The minimum Gasteiger partial charge on any atom is -0.377 e. The van der Waals surface area contributed by atoms with Gasteiger partial charge in [-0.1, -0.05) is 73.5 Å². The lowest BCUT2D eigenvalue weighted by Gasteiger charge is -2.14. The molecule has 0 saturated carbocycles. The van der Waals surface area contributed by atoms with E-state index >= 15 is 0 Å². The Balaban J connectivity index is 2.18. The number of benzodiazepines with no additional fused rings is 1. The summed E-state index contributed by atoms with van der Waals surface area (Å²) in [7, 11) is 0. The molecule has 3 rings (SSSR count). The molecular formula is C18H16Cl2N2S. The molecule has 0 aliphatic carbocycles. The Bertz CT molecular complexity index is 795. The first-order chi connectivity index (χ1) is 11.0. The molecule has 5 heteroatoms. The van der Waals surface area contributed by atoms with Crippen LogP contribution >= 0.6 is 35.4 Å². The van der Waals surface area contributed by atoms with E-state index in [1.165, 1.54) is 5.56 Å². The summed E-state index contributed by atoms with van der Waals surface area (Å²) >= 11 is 18.1. The van der Waals surface area contributed by atoms with Gasteiger partial charge < -0.3 is 5.32 Å². The lowest BCUT2D eigenvalue weighted by molar-refractivity contribution is 0.866. The highest BCUT2D eigenvalue weighted by atomic mass is 35.5. The maximum atomic E-state index is 6.44. The predicted octanol–water partition coefficient (Wildman–Crippen LogP) is 5.71. The molecule has 0 spiro atoms. The van der Waals surface area contributed by atoms with E-state index in [0.717, 1.165) is 22.5 Å². The van der Waals surface area contributed by atoms with Gasteiger partial charge in [0.2, 0.25) is 0 Å². The van der Waals surface area contributed by atoms with Crippen molar-refractivity contribution in [1.82, 2.24) is 0 Å². The van der Waals surface area contributed by atoms with Crippen molar-refractivity contribution in [2.75, 3.05) is 11.9 Å². The normalized spacial score (nSPS) is 14.1. The van der Waals surface area contributed by atoms with Gasteiger partial charge in [0.1, 0.15) is 4.99 Å². The van der Waals surface area contributed by atoms with Crippen LogP contribution in [0.1, 0.15) is 36.5 Å². The van der Waals surface area contributed by atoms with Crippen LogP contribution < -0.4 is 5.32 Å². The second kappa shape index (κ2) is 6.60. The Morgan fingerprint density at radius 1 is 1.04 bits per heavy atom. The van der Waals surface area contributed by atoms with E-state index in [1.807, 2.05) is 0 Å². The average molecular weight is 363 g/mol. The Labute approximate surface area is 151 Å². The number of aliphatic imine (C=N–C) groups is 1. The molecule has 0 aromatic heterocycles. The fourth-order valence-electron chi connectivity index (χ4n) is 2.58. The Hall–Kier alpha value is -1.42. The summed E-state index contributed by atoms with van der Waals surface area (Å²) < 4.78 is 0. The van der Waals surface area contributed by atoms with Gasteiger partial charge in [-0.2, -0.15) is 0 Å². The molecule has 0 fully saturated rings. The first-order valence-electron chi connectivity index (χ1n) is 7.41. The van der Waals surface area contributed by atoms with Gasteiger partial charge in [0.25, 0.3) is 0 Å². The van der Waals surface area contributed by atoms with Crippen LogP contribution in [-0.2, 0) is 0 Å². The molecule has 2 nitrogen and oxygen atoms in total. The number of benzene rings is 2. The van der Waals surface area contributed by atoms with Gasteiger partial charge >= 0.3 is 0 Å². The van der Waals surface area contributed by atoms with Gasteiger partial charge in [-0.15, -0.1) is 0 Å². The summed E-state index contributed by atoms with van der Waals surface area (Å²) in [4.78, 5) is 5.19. The third-order valence-corrected chi connectivity index (χ3v) is 4.71.